The van der Waals surface area contributed by atoms with Crippen LogP contribution in [0.25, 0.3) is 0 Å². The van der Waals surface area contributed by atoms with Crippen LogP contribution >= 0.6 is 0 Å². The SMILES string of the molecule is Cn1cnnc1CN1CCC2(CC1)C[C@@](C)(NC(=O)Cn1cccn1)[C@H](O)CO2.O=CO. The van der Waals surface area contributed by atoms with Crippen LogP contribution in [0.4, 0.5) is 0 Å². The summed E-state index contributed by atoms with van der Waals surface area (Å²) in [5.74, 6) is 0.781. The van der Waals surface area contributed by atoms with Crippen molar-refractivity contribution in [3.8, 4) is 0 Å². The summed E-state index contributed by atoms with van der Waals surface area (Å²) in [6.45, 7) is 4.53. The summed E-state index contributed by atoms with van der Waals surface area (Å²) in [7, 11) is 1.95. The monoisotopic (exact) mass is 449 g/mol. The molecular weight excluding hydrogens is 418 g/mol. The van der Waals surface area contributed by atoms with Gasteiger partial charge in [-0.05, 0) is 25.8 Å². The molecule has 2 fully saturated rings. The number of nitrogens with zero attached hydrogens (tertiary/aromatic N) is 6. The number of ether oxygens (including phenoxy) is 1. The first kappa shape index (κ1) is 23.8. The molecule has 0 bridgehead atoms. The third-order valence-corrected chi connectivity index (χ3v) is 6.20. The Morgan fingerprint density at radius 3 is 2.72 bits per heavy atom. The number of hydrogen-bond acceptors (Lipinski definition) is 8. The molecule has 0 unspecified atom stereocenters. The zero-order chi connectivity index (χ0) is 23.2. The average molecular weight is 450 g/mol. The highest BCUT2D eigenvalue weighted by Crippen LogP contribution is 2.39. The van der Waals surface area contributed by atoms with E-state index in [4.69, 9.17) is 14.6 Å². The van der Waals surface area contributed by atoms with Crippen molar-refractivity contribution < 1.29 is 24.5 Å². The number of aryl methyl sites for hydroxylation is 1. The highest BCUT2D eigenvalue weighted by Gasteiger charge is 2.50. The first-order chi connectivity index (χ1) is 15.3. The largest absolute Gasteiger partial charge is 0.483 e. The summed E-state index contributed by atoms with van der Waals surface area (Å²) < 4.78 is 9.64. The van der Waals surface area contributed by atoms with E-state index < -0.39 is 11.6 Å². The van der Waals surface area contributed by atoms with Gasteiger partial charge in [-0.3, -0.25) is 19.2 Å². The number of amides is 1. The molecule has 32 heavy (non-hydrogen) atoms. The Balaban J connectivity index is 0.000000913. The van der Waals surface area contributed by atoms with Crippen LogP contribution in [0.1, 0.15) is 32.0 Å². The number of carbonyl (C=O) groups excluding carboxylic acids is 1. The smallest absolute Gasteiger partial charge is 0.290 e. The van der Waals surface area contributed by atoms with Gasteiger partial charge in [-0.15, -0.1) is 10.2 Å². The minimum atomic E-state index is -0.744. The molecule has 1 amide bonds. The molecule has 12 nitrogen and oxygen atoms in total. The Kier molecular flexibility index (Phi) is 7.59. The molecule has 1 spiro atoms. The number of aliphatic hydroxyl groups excluding tert-OH is 1. The van der Waals surface area contributed by atoms with Gasteiger partial charge < -0.3 is 24.8 Å². The fraction of sp³-hybridized carbons (Fsp3) is 0.650. The van der Waals surface area contributed by atoms with Gasteiger partial charge in [0.05, 0.1) is 24.3 Å². The van der Waals surface area contributed by atoms with E-state index in [1.54, 1.807) is 29.5 Å². The van der Waals surface area contributed by atoms with E-state index in [9.17, 15) is 9.90 Å². The number of aliphatic hydroxyl groups is 1. The van der Waals surface area contributed by atoms with E-state index in [0.29, 0.717) is 6.42 Å². The van der Waals surface area contributed by atoms with Crippen LogP contribution in [0, 0.1) is 0 Å². The summed E-state index contributed by atoms with van der Waals surface area (Å²) >= 11 is 0. The Bertz CT molecular complexity index is 879. The van der Waals surface area contributed by atoms with Crippen molar-refractivity contribution in [1.82, 2.24) is 34.8 Å². The van der Waals surface area contributed by atoms with Crippen LogP contribution in [0.5, 0.6) is 0 Å². The van der Waals surface area contributed by atoms with Gasteiger partial charge >= 0.3 is 0 Å². The molecule has 12 heteroatoms. The molecule has 0 radical (unpaired) electrons. The molecule has 2 aromatic rings. The molecule has 0 saturated carbocycles. The average Bonchev–Trinajstić information content (AvgIpc) is 3.39. The second-order valence-electron chi connectivity index (χ2n) is 8.60. The number of aromatic nitrogens is 5. The number of carboxylic acid groups (broad SMARTS) is 1. The van der Waals surface area contributed by atoms with Crippen LogP contribution in [-0.2, 0) is 34.5 Å². The molecule has 4 rings (SSSR count). The van der Waals surface area contributed by atoms with Crippen molar-refractivity contribution in [3.05, 3.63) is 30.6 Å². The lowest BCUT2D eigenvalue weighted by atomic mass is 9.74. The third-order valence-electron chi connectivity index (χ3n) is 6.20. The van der Waals surface area contributed by atoms with Crippen LogP contribution in [0.2, 0.25) is 0 Å². The lowest BCUT2D eigenvalue weighted by Crippen LogP contribution is -2.65. The summed E-state index contributed by atoms with van der Waals surface area (Å²) in [6.07, 6.45) is 6.64. The number of carbonyl (C=O) groups is 2. The lowest BCUT2D eigenvalue weighted by molar-refractivity contribution is -0.182. The maximum Gasteiger partial charge on any atom is 0.290 e. The Morgan fingerprint density at radius 2 is 2.12 bits per heavy atom. The van der Waals surface area contributed by atoms with Crippen LogP contribution in [-0.4, -0.2) is 89.0 Å². The van der Waals surface area contributed by atoms with Gasteiger partial charge in [0.15, 0.2) is 0 Å². The van der Waals surface area contributed by atoms with E-state index in [1.807, 2.05) is 18.5 Å². The van der Waals surface area contributed by atoms with E-state index in [1.165, 1.54) is 0 Å². The summed E-state index contributed by atoms with van der Waals surface area (Å²) in [4.78, 5) is 23.2. The van der Waals surface area contributed by atoms with E-state index >= 15 is 0 Å². The molecule has 0 aromatic carbocycles. The third kappa shape index (κ3) is 5.69. The Morgan fingerprint density at radius 1 is 1.41 bits per heavy atom. The van der Waals surface area contributed by atoms with Crippen molar-refractivity contribution in [1.29, 1.82) is 0 Å². The first-order valence-corrected chi connectivity index (χ1v) is 10.5. The second-order valence-corrected chi connectivity index (χ2v) is 8.60. The molecule has 2 aliphatic heterocycles. The maximum atomic E-state index is 12.5. The lowest BCUT2D eigenvalue weighted by Gasteiger charge is -2.52. The van der Waals surface area contributed by atoms with Gasteiger partial charge in [-0.2, -0.15) is 5.10 Å². The van der Waals surface area contributed by atoms with E-state index in [2.05, 4.69) is 25.5 Å². The van der Waals surface area contributed by atoms with Gasteiger partial charge in [-0.1, -0.05) is 0 Å². The van der Waals surface area contributed by atoms with Gasteiger partial charge in [0.25, 0.3) is 6.47 Å². The summed E-state index contributed by atoms with van der Waals surface area (Å²) in [5, 5.41) is 32.7. The normalized spacial score (nSPS) is 25.0. The number of rotatable bonds is 5. The van der Waals surface area contributed by atoms with Gasteiger partial charge in [0.1, 0.15) is 24.8 Å². The van der Waals surface area contributed by atoms with Crippen molar-refractivity contribution in [2.45, 2.75) is 56.5 Å². The van der Waals surface area contributed by atoms with Crippen molar-refractivity contribution in [2.24, 2.45) is 7.05 Å². The minimum absolute atomic E-state index is 0.134. The standard InChI is InChI=1S/C19H29N7O3.CH2O2/c1-18(22-17(28)11-26-7-3-6-21-26)13-19(29-12-15(18)27)4-8-25(9-5-19)10-16-23-20-14-24(16)2;2-1-3/h3,6-7,14-15,27H,4-5,8-13H2,1-2H3,(H,22,28);1H,(H,2,3)/t15-,18-;/m1./s1. The molecule has 2 atom stereocenters. The van der Waals surface area contributed by atoms with Gasteiger partial charge in [-0.25, -0.2) is 0 Å². The number of likely N-dealkylation sites (tertiary alicyclic amines) is 1. The van der Waals surface area contributed by atoms with E-state index in [0.717, 1.165) is 38.3 Å². The highest BCUT2D eigenvalue weighted by atomic mass is 16.5. The summed E-state index contributed by atoms with van der Waals surface area (Å²) in [6, 6.07) is 1.78. The molecular formula is C20H31N7O5. The number of piperidine rings is 1. The fourth-order valence-corrected chi connectivity index (χ4v) is 4.39. The zero-order valence-corrected chi connectivity index (χ0v) is 18.4. The highest BCUT2D eigenvalue weighted by molar-refractivity contribution is 5.76. The van der Waals surface area contributed by atoms with Crippen LogP contribution in [0.15, 0.2) is 24.8 Å². The molecule has 0 aliphatic carbocycles. The number of hydrogen-bond donors (Lipinski definition) is 3. The fourth-order valence-electron chi connectivity index (χ4n) is 4.39. The van der Waals surface area contributed by atoms with Crippen LogP contribution in [0.3, 0.4) is 0 Å². The van der Waals surface area contributed by atoms with Gasteiger partial charge in [0, 0.05) is 39.0 Å². The van der Waals surface area contributed by atoms with Crippen molar-refractivity contribution >= 4 is 12.4 Å². The zero-order valence-electron chi connectivity index (χ0n) is 18.4. The molecule has 2 aromatic heterocycles. The first-order valence-electron chi connectivity index (χ1n) is 10.5. The molecule has 2 aliphatic rings. The second kappa shape index (κ2) is 10.2. The van der Waals surface area contributed by atoms with Gasteiger partial charge in [0.2, 0.25) is 5.91 Å². The maximum absolute atomic E-state index is 12.5. The molecule has 4 heterocycles. The summed E-state index contributed by atoms with van der Waals surface area (Å²) in [5.41, 5.74) is -1.06. The minimum Gasteiger partial charge on any atom is -0.483 e. The topological polar surface area (TPSA) is 148 Å². The van der Waals surface area contributed by atoms with E-state index in [-0.39, 0.29) is 31.1 Å². The number of nitrogens with one attached hydrogen (secondary N) is 1. The molecule has 176 valence electrons. The quantitative estimate of drug-likeness (QED) is 0.509. The predicted octanol–water partition coefficient (Wildman–Crippen LogP) is -0.597. The van der Waals surface area contributed by atoms with Crippen molar-refractivity contribution in [2.75, 3.05) is 19.7 Å². The van der Waals surface area contributed by atoms with Crippen molar-refractivity contribution in [3.63, 3.8) is 0 Å². The Hall–Kier alpha value is -2.83. The Labute approximate surface area is 186 Å². The molecule has 2 saturated heterocycles. The predicted molar refractivity (Wildman–Crippen MR) is 112 cm³/mol. The molecule has 3 N–H and O–H groups in total. The van der Waals surface area contributed by atoms with Crippen LogP contribution < -0.4 is 5.32 Å².